The highest BCUT2D eigenvalue weighted by Gasteiger charge is 2.19. The highest BCUT2D eigenvalue weighted by atomic mass is 35.5. The maximum Gasteiger partial charge on any atom is 0.319 e. The van der Waals surface area contributed by atoms with Gasteiger partial charge in [-0.15, -0.1) is 11.8 Å². The summed E-state index contributed by atoms with van der Waals surface area (Å²) in [4.78, 5) is 24.3. The van der Waals surface area contributed by atoms with E-state index in [1.807, 2.05) is 20.8 Å². The maximum atomic E-state index is 14.1. The minimum absolute atomic E-state index is 0.0646. The molecule has 25 heavy (non-hydrogen) atoms. The summed E-state index contributed by atoms with van der Waals surface area (Å²) in [6.45, 7) is 8.01. The molecular weight excluding hydrogens is 365 g/mol. The van der Waals surface area contributed by atoms with E-state index in [9.17, 15) is 14.0 Å². The van der Waals surface area contributed by atoms with E-state index >= 15 is 0 Å². The number of esters is 1. The minimum Gasteiger partial charge on any atom is -0.465 e. The summed E-state index contributed by atoms with van der Waals surface area (Å²) >= 11 is 7.24. The molecule has 0 aliphatic heterocycles. The van der Waals surface area contributed by atoms with Gasteiger partial charge in [-0.1, -0.05) is 32.4 Å². The van der Waals surface area contributed by atoms with Crippen LogP contribution in [0.1, 0.15) is 47.0 Å². The van der Waals surface area contributed by atoms with Crippen molar-refractivity contribution >= 4 is 40.9 Å². The number of rotatable bonds is 9. The normalized spacial score (nSPS) is 12.1. The Labute approximate surface area is 157 Å². The number of carbonyl (C=O) groups is 2. The molecule has 0 heterocycles. The van der Waals surface area contributed by atoms with Crippen LogP contribution >= 0.6 is 23.4 Å². The first kappa shape index (κ1) is 21.8. The number of benzene rings is 1. The molecule has 0 spiro atoms. The maximum absolute atomic E-state index is 14.1. The average Bonchev–Trinajstić information content (AvgIpc) is 2.54. The van der Waals surface area contributed by atoms with Crippen molar-refractivity contribution in [2.75, 3.05) is 11.9 Å². The highest BCUT2D eigenvalue weighted by Crippen LogP contribution is 2.34. The lowest BCUT2D eigenvalue weighted by Gasteiger charge is -2.14. The largest absolute Gasteiger partial charge is 0.465 e. The van der Waals surface area contributed by atoms with Gasteiger partial charge < -0.3 is 10.1 Å². The van der Waals surface area contributed by atoms with Crippen molar-refractivity contribution in [2.24, 2.45) is 5.92 Å². The van der Waals surface area contributed by atoms with Gasteiger partial charge >= 0.3 is 5.97 Å². The molecule has 4 nitrogen and oxygen atoms in total. The van der Waals surface area contributed by atoms with Crippen molar-refractivity contribution in [3.8, 4) is 0 Å². The van der Waals surface area contributed by atoms with Gasteiger partial charge in [0.05, 0.1) is 17.3 Å². The second-order valence-corrected chi connectivity index (χ2v) is 7.96. The second-order valence-electron chi connectivity index (χ2n) is 6.17. The summed E-state index contributed by atoms with van der Waals surface area (Å²) in [5.74, 6) is -0.814. The molecule has 0 aromatic heterocycles. The van der Waals surface area contributed by atoms with Crippen LogP contribution in [0, 0.1) is 11.7 Å². The topological polar surface area (TPSA) is 55.4 Å². The van der Waals surface area contributed by atoms with Crippen LogP contribution in [0.25, 0.3) is 0 Å². The standard InChI is InChI=1S/C18H25ClFNO3S/c1-5-8-24-18(23)12(4)25-16-10-15(14(20)9-13(16)19)21-17(22)7-6-11(2)3/h9-12H,5-8H2,1-4H3,(H,21,22). The van der Waals surface area contributed by atoms with E-state index in [0.717, 1.165) is 18.9 Å². The second kappa shape index (κ2) is 10.7. The Morgan fingerprint density at radius 3 is 2.60 bits per heavy atom. The van der Waals surface area contributed by atoms with Gasteiger partial charge in [-0.2, -0.15) is 0 Å². The number of anilines is 1. The number of thioether (sulfide) groups is 1. The lowest BCUT2D eigenvalue weighted by atomic mass is 10.1. The van der Waals surface area contributed by atoms with Gasteiger partial charge in [-0.25, -0.2) is 4.39 Å². The summed E-state index contributed by atoms with van der Waals surface area (Å²) < 4.78 is 19.1. The van der Waals surface area contributed by atoms with Crippen molar-refractivity contribution in [2.45, 2.75) is 57.1 Å². The molecule has 1 aromatic rings. The van der Waals surface area contributed by atoms with Gasteiger partial charge in [0.15, 0.2) is 0 Å². The predicted molar refractivity (Wildman–Crippen MR) is 101 cm³/mol. The Morgan fingerprint density at radius 2 is 2.00 bits per heavy atom. The number of nitrogens with one attached hydrogen (secondary N) is 1. The van der Waals surface area contributed by atoms with Crippen molar-refractivity contribution in [1.29, 1.82) is 0 Å². The molecule has 1 rings (SSSR count). The first-order valence-electron chi connectivity index (χ1n) is 8.36. The molecule has 1 unspecified atom stereocenters. The van der Waals surface area contributed by atoms with E-state index in [2.05, 4.69) is 5.32 Å². The number of halogens is 2. The van der Waals surface area contributed by atoms with Gasteiger partial charge in [0.25, 0.3) is 0 Å². The summed E-state index contributed by atoms with van der Waals surface area (Å²) in [5.41, 5.74) is 0.0646. The van der Waals surface area contributed by atoms with Crippen LogP contribution in [0.2, 0.25) is 5.02 Å². The molecule has 0 aliphatic rings. The Bertz CT molecular complexity index is 610. The van der Waals surface area contributed by atoms with Gasteiger partial charge in [0, 0.05) is 11.3 Å². The Hall–Kier alpha value is -1.27. The fourth-order valence-corrected chi connectivity index (χ4v) is 3.09. The van der Waals surface area contributed by atoms with E-state index in [4.69, 9.17) is 16.3 Å². The number of hydrogen-bond donors (Lipinski definition) is 1. The number of ether oxygens (including phenoxy) is 1. The molecule has 0 bridgehead atoms. The summed E-state index contributed by atoms with van der Waals surface area (Å²) in [5, 5.41) is 2.27. The molecule has 7 heteroatoms. The Balaban J connectivity index is 2.81. The average molecular weight is 390 g/mol. The SMILES string of the molecule is CCCOC(=O)C(C)Sc1cc(NC(=O)CCC(C)C)c(F)cc1Cl. The molecule has 0 saturated heterocycles. The number of amides is 1. The third-order valence-electron chi connectivity index (χ3n) is 3.33. The van der Waals surface area contributed by atoms with Crippen LogP contribution in [0.4, 0.5) is 10.1 Å². The fraction of sp³-hybridized carbons (Fsp3) is 0.556. The third kappa shape index (κ3) is 7.65. The summed E-state index contributed by atoms with van der Waals surface area (Å²) in [6.07, 6.45) is 1.79. The molecular formula is C18H25ClFNO3S. The van der Waals surface area contributed by atoms with Crippen molar-refractivity contribution < 1.29 is 18.7 Å². The van der Waals surface area contributed by atoms with Crippen LogP contribution in [0.15, 0.2) is 17.0 Å². The van der Waals surface area contributed by atoms with Crippen LogP contribution < -0.4 is 5.32 Å². The Kier molecular flexibility index (Phi) is 9.28. The van der Waals surface area contributed by atoms with E-state index in [1.165, 1.54) is 17.8 Å². The minimum atomic E-state index is -0.603. The zero-order chi connectivity index (χ0) is 19.0. The summed E-state index contributed by atoms with van der Waals surface area (Å²) in [7, 11) is 0. The van der Waals surface area contributed by atoms with Gasteiger partial charge in [0.2, 0.25) is 5.91 Å². The number of carbonyl (C=O) groups excluding carboxylic acids is 2. The molecule has 0 saturated carbocycles. The first-order valence-corrected chi connectivity index (χ1v) is 9.62. The van der Waals surface area contributed by atoms with E-state index in [-0.39, 0.29) is 22.6 Å². The Morgan fingerprint density at radius 1 is 1.32 bits per heavy atom. The number of hydrogen-bond acceptors (Lipinski definition) is 4. The molecule has 0 aliphatic carbocycles. The molecule has 1 amide bonds. The smallest absolute Gasteiger partial charge is 0.319 e. The molecule has 0 fully saturated rings. The van der Waals surface area contributed by atoms with Crippen LogP contribution in [0.5, 0.6) is 0 Å². The molecule has 1 atom stereocenters. The molecule has 140 valence electrons. The first-order chi connectivity index (χ1) is 11.7. The zero-order valence-corrected chi connectivity index (χ0v) is 16.6. The van der Waals surface area contributed by atoms with Gasteiger partial charge in [0.1, 0.15) is 11.1 Å². The molecule has 1 aromatic carbocycles. The lowest BCUT2D eigenvalue weighted by Crippen LogP contribution is -2.17. The lowest BCUT2D eigenvalue weighted by molar-refractivity contribution is -0.142. The fourth-order valence-electron chi connectivity index (χ4n) is 1.91. The molecule has 1 N–H and O–H groups in total. The monoisotopic (exact) mass is 389 g/mol. The van der Waals surface area contributed by atoms with Crippen LogP contribution in [-0.2, 0) is 14.3 Å². The summed E-state index contributed by atoms with van der Waals surface area (Å²) in [6, 6.07) is 2.60. The molecule has 0 radical (unpaired) electrons. The van der Waals surface area contributed by atoms with Crippen LogP contribution in [-0.4, -0.2) is 23.7 Å². The van der Waals surface area contributed by atoms with Crippen molar-refractivity contribution in [1.82, 2.24) is 0 Å². The van der Waals surface area contributed by atoms with E-state index in [0.29, 0.717) is 23.8 Å². The quantitative estimate of drug-likeness (QED) is 0.460. The third-order valence-corrected chi connectivity index (χ3v) is 4.89. The van der Waals surface area contributed by atoms with Crippen molar-refractivity contribution in [3.63, 3.8) is 0 Å². The van der Waals surface area contributed by atoms with E-state index < -0.39 is 11.1 Å². The van der Waals surface area contributed by atoms with Gasteiger partial charge in [-0.3, -0.25) is 9.59 Å². The highest BCUT2D eigenvalue weighted by molar-refractivity contribution is 8.00. The predicted octanol–water partition coefficient (Wildman–Crippen LogP) is 5.29. The van der Waals surface area contributed by atoms with Crippen LogP contribution in [0.3, 0.4) is 0 Å². The van der Waals surface area contributed by atoms with E-state index in [1.54, 1.807) is 6.92 Å². The van der Waals surface area contributed by atoms with Gasteiger partial charge in [-0.05, 0) is 37.8 Å². The van der Waals surface area contributed by atoms with Crippen molar-refractivity contribution in [3.05, 3.63) is 23.0 Å². The zero-order valence-electron chi connectivity index (χ0n) is 15.0.